The summed E-state index contributed by atoms with van der Waals surface area (Å²) in [6.07, 6.45) is 1.73. The summed E-state index contributed by atoms with van der Waals surface area (Å²) in [5, 5.41) is 3.29. The molecule has 0 amide bonds. The summed E-state index contributed by atoms with van der Waals surface area (Å²) in [5.41, 5.74) is 11.6. The van der Waals surface area contributed by atoms with Crippen LogP contribution in [0.5, 0.6) is 11.5 Å². The van der Waals surface area contributed by atoms with Gasteiger partial charge in [-0.3, -0.25) is 0 Å². The van der Waals surface area contributed by atoms with E-state index in [1.165, 1.54) is 5.69 Å². The zero-order valence-corrected chi connectivity index (χ0v) is 20.2. The molecule has 184 valence electrons. The highest BCUT2D eigenvalue weighted by atomic mass is 16.5. The van der Waals surface area contributed by atoms with Crippen LogP contribution in [0.25, 0.3) is 11.3 Å². The highest BCUT2D eigenvalue weighted by Gasteiger charge is 2.11. The molecule has 1 aliphatic heterocycles. The Morgan fingerprint density at radius 3 is 2.47 bits per heavy atom. The zero-order chi connectivity index (χ0) is 24.7. The lowest BCUT2D eigenvalue weighted by molar-refractivity contribution is 0.122. The summed E-state index contributed by atoms with van der Waals surface area (Å²) in [6.45, 7) is 3.76. The van der Waals surface area contributed by atoms with E-state index in [0.29, 0.717) is 24.0 Å². The van der Waals surface area contributed by atoms with Crippen LogP contribution in [0.2, 0.25) is 0 Å². The lowest BCUT2D eigenvalue weighted by Crippen LogP contribution is -2.36. The van der Waals surface area contributed by atoms with Gasteiger partial charge in [-0.2, -0.15) is 0 Å². The van der Waals surface area contributed by atoms with Crippen molar-refractivity contribution in [1.82, 2.24) is 9.97 Å². The third kappa shape index (κ3) is 5.67. The van der Waals surface area contributed by atoms with Gasteiger partial charge in [0.15, 0.2) is 0 Å². The number of ether oxygens (including phenoxy) is 3. The van der Waals surface area contributed by atoms with Gasteiger partial charge in [-0.15, -0.1) is 0 Å². The smallest absolute Gasteiger partial charge is 0.227 e. The lowest BCUT2D eigenvalue weighted by Gasteiger charge is -2.28. The van der Waals surface area contributed by atoms with Crippen LogP contribution >= 0.6 is 0 Å². The number of nitrogen functional groups attached to an aromatic ring is 1. The van der Waals surface area contributed by atoms with Crippen LogP contribution in [0.4, 0.5) is 23.0 Å². The molecule has 0 atom stereocenters. The molecule has 8 nitrogen and oxygen atoms in total. The van der Waals surface area contributed by atoms with Crippen molar-refractivity contribution in [3.05, 3.63) is 84.6 Å². The van der Waals surface area contributed by atoms with E-state index in [1.54, 1.807) is 13.3 Å². The molecule has 3 N–H and O–H groups in total. The van der Waals surface area contributed by atoms with Crippen LogP contribution in [0.3, 0.4) is 0 Å². The van der Waals surface area contributed by atoms with Crippen molar-refractivity contribution < 1.29 is 14.2 Å². The Hall–Kier alpha value is -4.30. The molecular weight excluding hydrogens is 454 g/mol. The molecule has 1 fully saturated rings. The van der Waals surface area contributed by atoms with Crippen molar-refractivity contribution in [2.24, 2.45) is 0 Å². The first-order valence-corrected chi connectivity index (χ1v) is 11.9. The monoisotopic (exact) mass is 483 g/mol. The predicted octanol–water partition coefficient (Wildman–Crippen LogP) is 4.89. The van der Waals surface area contributed by atoms with Gasteiger partial charge in [-0.05, 0) is 66.2 Å². The molecule has 0 radical (unpaired) electrons. The van der Waals surface area contributed by atoms with Crippen LogP contribution in [0.15, 0.2) is 79.0 Å². The van der Waals surface area contributed by atoms with Gasteiger partial charge >= 0.3 is 0 Å². The van der Waals surface area contributed by atoms with Gasteiger partial charge in [-0.25, -0.2) is 9.97 Å². The maximum Gasteiger partial charge on any atom is 0.227 e. The summed E-state index contributed by atoms with van der Waals surface area (Å²) in [5.74, 6) is 1.96. The van der Waals surface area contributed by atoms with E-state index < -0.39 is 0 Å². The largest absolute Gasteiger partial charge is 0.497 e. The predicted molar refractivity (Wildman–Crippen MR) is 142 cm³/mol. The second-order valence-electron chi connectivity index (χ2n) is 8.43. The molecular formula is C28H29N5O3. The molecule has 0 bridgehead atoms. The summed E-state index contributed by atoms with van der Waals surface area (Å²) >= 11 is 0. The maximum absolute atomic E-state index is 6.29. The Balaban J connectivity index is 1.24. The fraction of sp³-hybridized carbons (Fsp3) is 0.214. The van der Waals surface area contributed by atoms with Crippen LogP contribution in [0.1, 0.15) is 5.56 Å². The first-order valence-electron chi connectivity index (χ1n) is 11.9. The van der Waals surface area contributed by atoms with Gasteiger partial charge < -0.3 is 30.2 Å². The lowest BCUT2D eigenvalue weighted by atomic mass is 10.1. The van der Waals surface area contributed by atoms with Gasteiger partial charge in [0.2, 0.25) is 5.95 Å². The minimum absolute atomic E-state index is 0.416. The molecule has 0 unspecified atom stereocenters. The topological polar surface area (TPSA) is 94.8 Å². The number of anilines is 4. The number of morpholine rings is 1. The van der Waals surface area contributed by atoms with Gasteiger partial charge in [0.05, 0.1) is 31.7 Å². The fourth-order valence-electron chi connectivity index (χ4n) is 4.01. The number of nitrogens with one attached hydrogen (secondary N) is 1. The van der Waals surface area contributed by atoms with Crippen LogP contribution in [-0.2, 0) is 11.3 Å². The second-order valence-corrected chi connectivity index (χ2v) is 8.43. The van der Waals surface area contributed by atoms with E-state index in [1.807, 2.05) is 60.7 Å². The van der Waals surface area contributed by atoms with Crippen LogP contribution < -0.4 is 25.4 Å². The highest BCUT2D eigenvalue weighted by Crippen LogP contribution is 2.29. The molecule has 5 rings (SSSR count). The van der Waals surface area contributed by atoms with Crippen molar-refractivity contribution in [3.8, 4) is 22.8 Å². The number of hydrogen-bond donors (Lipinski definition) is 2. The van der Waals surface area contributed by atoms with Gasteiger partial charge in [0, 0.05) is 36.2 Å². The van der Waals surface area contributed by atoms with Gasteiger partial charge in [0.25, 0.3) is 0 Å². The van der Waals surface area contributed by atoms with Gasteiger partial charge in [-0.1, -0.05) is 12.1 Å². The number of rotatable bonds is 8. The standard InChI is InChI=1S/C28H29N5O3/c1-34-24-9-2-20(3-10-24)19-36-27-11-4-21(18-25(27)29)26-12-13-30-28(32-26)31-22-5-7-23(8-6-22)33-14-16-35-17-15-33/h2-13,18H,14-17,19,29H2,1H3,(H,30,31,32). The fourth-order valence-corrected chi connectivity index (χ4v) is 4.01. The number of benzene rings is 3. The molecule has 0 spiro atoms. The average Bonchev–Trinajstić information content (AvgIpc) is 2.94. The minimum Gasteiger partial charge on any atom is -0.497 e. The maximum atomic E-state index is 6.29. The van der Waals surface area contributed by atoms with E-state index in [0.717, 1.165) is 54.6 Å². The molecule has 1 aromatic heterocycles. The Kier molecular flexibility index (Phi) is 7.14. The summed E-state index contributed by atoms with van der Waals surface area (Å²) in [4.78, 5) is 11.4. The number of hydrogen-bond acceptors (Lipinski definition) is 8. The van der Waals surface area contributed by atoms with Crippen molar-refractivity contribution in [1.29, 1.82) is 0 Å². The molecule has 3 aromatic carbocycles. The van der Waals surface area contributed by atoms with Gasteiger partial charge in [0.1, 0.15) is 18.1 Å². The molecule has 0 aliphatic carbocycles. The summed E-state index contributed by atoms with van der Waals surface area (Å²) in [7, 11) is 1.65. The quantitative estimate of drug-likeness (QED) is 0.342. The van der Waals surface area contributed by atoms with E-state index in [4.69, 9.17) is 19.9 Å². The van der Waals surface area contributed by atoms with E-state index in [-0.39, 0.29) is 0 Å². The Morgan fingerprint density at radius 1 is 0.972 bits per heavy atom. The van der Waals surface area contributed by atoms with Crippen molar-refractivity contribution in [2.45, 2.75) is 6.61 Å². The van der Waals surface area contributed by atoms with Crippen LogP contribution in [0, 0.1) is 0 Å². The third-order valence-corrected chi connectivity index (χ3v) is 6.01. The Morgan fingerprint density at radius 2 is 1.75 bits per heavy atom. The molecule has 4 aromatic rings. The highest BCUT2D eigenvalue weighted by molar-refractivity contribution is 5.69. The SMILES string of the molecule is COc1ccc(COc2ccc(-c3ccnc(Nc4ccc(N5CCOCC5)cc4)n3)cc2N)cc1. The average molecular weight is 484 g/mol. The summed E-state index contributed by atoms with van der Waals surface area (Å²) < 4.78 is 16.6. The van der Waals surface area contributed by atoms with E-state index in [9.17, 15) is 0 Å². The normalized spacial score (nSPS) is 13.3. The number of aromatic nitrogens is 2. The first-order chi connectivity index (χ1) is 17.7. The third-order valence-electron chi connectivity index (χ3n) is 6.01. The molecule has 1 saturated heterocycles. The Bertz CT molecular complexity index is 1290. The molecule has 1 aliphatic rings. The number of nitrogens with zero attached hydrogens (tertiary/aromatic N) is 3. The second kappa shape index (κ2) is 11.0. The summed E-state index contributed by atoms with van der Waals surface area (Å²) in [6, 6.07) is 23.6. The molecule has 36 heavy (non-hydrogen) atoms. The van der Waals surface area contributed by atoms with Crippen molar-refractivity contribution >= 4 is 23.0 Å². The minimum atomic E-state index is 0.416. The molecule has 0 saturated carbocycles. The van der Waals surface area contributed by atoms with E-state index >= 15 is 0 Å². The molecule has 8 heteroatoms. The number of methoxy groups -OCH3 is 1. The van der Waals surface area contributed by atoms with E-state index in [2.05, 4.69) is 32.3 Å². The Labute approximate surface area is 210 Å². The van der Waals surface area contributed by atoms with Crippen molar-refractivity contribution in [3.63, 3.8) is 0 Å². The zero-order valence-electron chi connectivity index (χ0n) is 20.2. The van der Waals surface area contributed by atoms with Crippen molar-refractivity contribution in [2.75, 3.05) is 49.4 Å². The first kappa shape index (κ1) is 23.4. The molecule has 2 heterocycles. The number of nitrogens with two attached hydrogens (primary N) is 1. The van der Waals surface area contributed by atoms with Crippen LogP contribution in [-0.4, -0.2) is 43.4 Å².